The molecule has 1 N–H and O–H groups in total. The number of carbonyl (C=O) groups is 2. The van der Waals surface area contributed by atoms with Gasteiger partial charge in [-0.3, -0.25) is 4.79 Å². The monoisotopic (exact) mass is 360 g/mol. The van der Waals surface area contributed by atoms with Crippen LogP contribution in [0, 0.1) is 6.92 Å². The van der Waals surface area contributed by atoms with Gasteiger partial charge in [-0.05, 0) is 48.9 Å². The Bertz CT molecular complexity index is 923. The molecule has 0 spiro atoms. The Morgan fingerprint density at radius 1 is 1.25 bits per heavy atom. The zero-order chi connectivity index (χ0) is 17.1. The van der Waals surface area contributed by atoms with Crippen LogP contribution >= 0.6 is 22.9 Å². The molecule has 0 saturated heterocycles. The van der Waals surface area contributed by atoms with E-state index in [1.54, 1.807) is 41.9 Å². The van der Waals surface area contributed by atoms with Gasteiger partial charge >= 0.3 is 5.97 Å². The van der Waals surface area contributed by atoms with E-state index in [0.29, 0.717) is 16.3 Å². The van der Waals surface area contributed by atoms with E-state index in [1.807, 2.05) is 6.92 Å². The molecule has 0 fully saturated rings. The summed E-state index contributed by atoms with van der Waals surface area (Å²) in [5.74, 6) is -0.957. The van der Waals surface area contributed by atoms with Crippen LogP contribution < -0.4 is 5.32 Å². The number of hydrogen-bond acceptors (Lipinski definition) is 5. The quantitative estimate of drug-likeness (QED) is 0.712. The van der Waals surface area contributed by atoms with Crippen molar-refractivity contribution in [3.05, 3.63) is 58.1 Å². The minimum absolute atomic E-state index is 0.359. The fourth-order valence-corrected chi connectivity index (χ4v) is 3.09. The minimum atomic E-state index is -0.548. The van der Waals surface area contributed by atoms with Crippen molar-refractivity contribution in [2.75, 3.05) is 11.9 Å². The highest BCUT2D eigenvalue weighted by Crippen LogP contribution is 2.20. The van der Waals surface area contributed by atoms with Crippen molar-refractivity contribution in [1.29, 1.82) is 0 Å². The number of esters is 1. The van der Waals surface area contributed by atoms with Gasteiger partial charge in [0.05, 0.1) is 21.3 Å². The fraction of sp³-hybridized carbons (Fsp3) is 0.118. The Kier molecular flexibility index (Phi) is 4.78. The number of benzene rings is 2. The van der Waals surface area contributed by atoms with Crippen molar-refractivity contribution in [2.24, 2.45) is 0 Å². The molecule has 3 rings (SSSR count). The largest absolute Gasteiger partial charge is 0.452 e. The van der Waals surface area contributed by atoms with E-state index in [4.69, 9.17) is 16.3 Å². The van der Waals surface area contributed by atoms with Gasteiger partial charge < -0.3 is 10.1 Å². The van der Waals surface area contributed by atoms with Gasteiger partial charge in [0.1, 0.15) is 0 Å². The number of carbonyl (C=O) groups excluding carboxylic acids is 2. The van der Waals surface area contributed by atoms with E-state index in [-0.39, 0.29) is 6.61 Å². The number of ether oxygens (including phenoxy) is 1. The number of hydrogen-bond donors (Lipinski definition) is 1. The standard InChI is InChI=1S/C17H13ClN2O3S/c1-10-6-12(18)3-5-13(10)20-16(21)8-23-17(22)11-2-4-14-15(7-11)24-9-19-14/h2-7,9H,8H2,1H3,(H,20,21). The molecule has 0 atom stereocenters. The number of anilines is 1. The molecule has 3 aromatic rings. The first kappa shape index (κ1) is 16.4. The third-order valence-corrected chi connectivity index (χ3v) is 4.39. The number of halogens is 1. The number of thiazole rings is 1. The van der Waals surface area contributed by atoms with E-state index < -0.39 is 11.9 Å². The van der Waals surface area contributed by atoms with Gasteiger partial charge in [0, 0.05) is 10.7 Å². The lowest BCUT2D eigenvalue weighted by atomic mass is 10.2. The summed E-state index contributed by atoms with van der Waals surface area (Å²) in [4.78, 5) is 28.1. The van der Waals surface area contributed by atoms with Crippen LogP contribution in [-0.4, -0.2) is 23.5 Å². The molecule has 0 unspecified atom stereocenters. The lowest BCUT2D eigenvalue weighted by molar-refractivity contribution is -0.119. The van der Waals surface area contributed by atoms with E-state index in [9.17, 15) is 9.59 Å². The normalized spacial score (nSPS) is 10.6. The summed E-state index contributed by atoms with van der Waals surface area (Å²) in [7, 11) is 0. The minimum Gasteiger partial charge on any atom is -0.452 e. The molecule has 0 aliphatic rings. The third kappa shape index (κ3) is 3.72. The molecule has 122 valence electrons. The van der Waals surface area contributed by atoms with Gasteiger partial charge in [-0.15, -0.1) is 11.3 Å². The van der Waals surface area contributed by atoms with Crippen LogP contribution in [0.25, 0.3) is 10.2 Å². The van der Waals surface area contributed by atoms with E-state index in [2.05, 4.69) is 10.3 Å². The van der Waals surface area contributed by atoms with Crippen LogP contribution in [0.3, 0.4) is 0 Å². The van der Waals surface area contributed by atoms with Crippen molar-refractivity contribution >= 4 is 50.7 Å². The second-order valence-electron chi connectivity index (χ2n) is 5.12. The molecule has 1 amide bonds. The number of aryl methyl sites for hydroxylation is 1. The number of fused-ring (bicyclic) bond motifs is 1. The Morgan fingerprint density at radius 2 is 2.08 bits per heavy atom. The second kappa shape index (κ2) is 6.98. The van der Waals surface area contributed by atoms with Crippen LogP contribution in [0.1, 0.15) is 15.9 Å². The van der Waals surface area contributed by atoms with Gasteiger partial charge in [-0.1, -0.05) is 11.6 Å². The maximum absolute atomic E-state index is 12.0. The predicted octanol–water partition coefficient (Wildman–Crippen LogP) is 4.05. The molecule has 5 nitrogen and oxygen atoms in total. The molecule has 24 heavy (non-hydrogen) atoms. The van der Waals surface area contributed by atoms with E-state index in [1.165, 1.54) is 11.3 Å². The summed E-state index contributed by atoms with van der Waals surface area (Å²) in [6.45, 7) is 1.47. The third-order valence-electron chi connectivity index (χ3n) is 3.36. The topological polar surface area (TPSA) is 68.3 Å². The molecule has 0 radical (unpaired) electrons. The van der Waals surface area contributed by atoms with Gasteiger partial charge in [-0.25, -0.2) is 9.78 Å². The summed E-state index contributed by atoms with van der Waals surface area (Å²) < 4.78 is 5.95. The summed E-state index contributed by atoms with van der Waals surface area (Å²) in [5, 5.41) is 3.28. The Labute approximate surface area is 147 Å². The summed E-state index contributed by atoms with van der Waals surface area (Å²) in [6, 6.07) is 10.2. The fourth-order valence-electron chi connectivity index (χ4n) is 2.15. The molecule has 7 heteroatoms. The second-order valence-corrected chi connectivity index (χ2v) is 6.44. The van der Waals surface area contributed by atoms with Crippen molar-refractivity contribution in [1.82, 2.24) is 4.98 Å². The van der Waals surface area contributed by atoms with Gasteiger partial charge in [0.25, 0.3) is 5.91 Å². The summed E-state index contributed by atoms with van der Waals surface area (Å²) in [5.41, 5.74) is 4.39. The first-order chi connectivity index (χ1) is 11.5. The van der Waals surface area contributed by atoms with Gasteiger partial charge in [-0.2, -0.15) is 0 Å². The number of rotatable bonds is 4. The molecule has 0 aliphatic heterocycles. The highest BCUT2D eigenvalue weighted by atomic mass is 35.5. The zero-order valence-corrected chi connectivity index (χ0v) is 14.3. The van der Waals surface area contributed by atoms with E-state index >= 15 is 0 Å². The first-order valence-corrected chi connectivity index (χ1v) is 8.35. The maximum atomic E-state index is 12.0. The molecular weight excluding hydrogens is 348 g/mol. The average molecular weight is 361 g/mol. The van der Waals surface area contributed by atoms with Crippen LogP contribution in [0.15, 0.2) is 41.9 Å². The molecule has 0 bridgehead atoms. The summed E-state index contributed by atoms with van der Waals surface area (Å²) >= 11 is 7.31. The van der Waals surface area contributed by atoms with Crippen molar-refractivity contribution in [3.63, 3.8) is 0 Å². The number of amides is 1. The Balaban J connectivity index is 1.60. The molecule has 0 aliphatic carbocycles. The number of aromatic nitrogens is 1. The highest BCUT2D eigenvalue weighted by Gasteiger charge is 2.12. The highest BCUT2D eigenvalue weighted by molar-refractivity contribution is 7.16. The molecule has 0 saturated carbocycles. The summed E-state index contributed by atoms with van der Waals surface area (Å²) in [6.07, 6.45) is 0. The van der Waals surface area contributed by atoms with Crippen LogP contribution in [0.5, 0.6) is 0 Å². The van der Waals surface area contributed by atoms with E-state index in [0.717, 1.165) is 15.8 Å². The lowest BCUT2D eigenvalue weighted by Gasteiger charge is -2.09. The predicted molar refractivity (Wildman–Crippen MR) is 94.7 cm³/mol. The van der Waals surface area contributed by atoms with Crippen LogP contribution in [-0.2, 0) is 9.53 Å². The maximum Gasteiger partial charge on any atom is 0.338 e. The van der Waals surface area contributed by atoms with Crippen LogP contribution in [0.2, 0.25) is 5.02 Å². The van der Waals surface area contributed by atoms with Crippen LogP contribution in [0.4, 0.5) is 5.69 Å². The number of nitrogens with one attached hydrogen (secondary N) is 1. The van der Waals surface area contributed by atoms with Crippen molar-refractivity contribution in [2.45, 2.75) is 6.92 Å². The van der Waals surface area contributed by atoms with Gasteiger partial charge in [0.15, 0.2) is 6.61 Å². The average Bonchev–Trinajstić information content (AvgIpc) is 3.03. The Hall–Kier alpha value is -2.44. The molecular formula is C17H13ClN2O3S. The number of nitrogens with zero attached hydrogens (tertiary/aromatic N) is 1. The smallest absolute Gasteiger partial charge is 0.338 e. The molecule has 1 aromatic heterocycles. The van der Waals surface area contributed by atoms with Crippen molar-refractivity contribution < 1.29 is 14.3 Å². The van der Waals surface area contributed by atoms with Gasteiger partial charge in [0.2, 0.25) is 0 Å². The Morgan fingerprint density at radius 3 is 2.88 bits per heavy atom. The van der Waals surface area contributed by atoms with Crippen molar-refractivity contribution in [3.8, 4) is 0 Å². The SMILES string of the molecule is Cc1cc(Cl)ccc1NC(=O)COC(=O)c1ccc2ncsc2c1. The molecule has 2 aromatic carbocycles. The first-order valence-electron chi connectivity index (χ1n) is 7.09. The zero-order valence-electron chi connectivity index (χ0n) is 12.7. The molecule has 1 heterocycles. The lowest BCUT2D eigenvalue weighted by Crippen LogP contribution is -2.21.